The molecule has 1 heterocycles. The zero-order valence-corrected chi connectivity index (χ0v) is 11.0. The van der Waals surface area contributed by atoms with Gasteiger partial charge in [0.2, 0.25) is 0 Å². The first-order chi connectivity index (χ1) is 6.79. The number of nitrogens with one attached hydrogen (secondary N) is 1. The van der Waals surface area contributed by atoms with Crippen molar-refractivity contribution >= 4 is 5.84 Å². The summed E-state index contributed by atoms with van der Waals surface area (Å²) >= 11 is 0. The molecule has 0 aromatic heterocycles. The highest BCUT2D eigenvalue weighted by atomic mass is 15.1. The van der Waals surface area contributed by atoms with Crippen molar-refractivity contribution in [3.8, 4) is 0 Å². The summed E-state index contributed by atoms with van der Waals surface area (Å²) in [6, 6.07) is 0. The van der Waals surface area contributed by atoms with E-state index < -0.39 is 0 Å². The Labute approximate surface area is 94.6 Å². The predicted octanol–water partition coefficient (Wildman–Crippen LogP) is 3.37. The smallest absolute Gasteiger partial charge is 0.0967 e. The van der Waals surface area contributed by atoms with Crippen LogP contribution in [0.25, 0.3) is 0 Å². The average molecular weight is 210 g/mol. The van der Waals surface area contributed by atoms with E-state index in [1.54, 1.807) is 0 Å². The topological polar surface area (TPSA) is 24.4 Å². The highest BCUT2D eigenvalue weighted by molar-refractivity contribution is 5.83. The third kappa shape index (κ3) is 5.19. The molecule has 0 radical (unpaired) electrons. The molecule has 2 nitrogen and oxygen atoms in total. The van der Waals surface area contributed by atoms with Gasteiger partial charge < -0.3 is 5.32 Å². The van der Waals surface area contributed by atoms with Crippen molar-refractivity contribution in [3.05, 3.63) is 0 Å². The minimum Gasteiger partial charge on any atom is -0.369 e. The second-order valence-corrected chi connectivity index (χ2v) is 6.53. The van der Waals surface area contributed by atoms with Crippen molar-refractivity contribution in [2.45, 2.75) is 65.8 Å². The molecule has 2 heteroatoms. The molecule has 15 heavy (non-hydrogen) atoms. The van der Waals surface area contributed by atoms with Crippen LogP contribution in [-0.4, -0.2) is 17.9 Å². The summed E-state index contributed by atoms with van der Waals surface area (Å²) in [7, 11) is 0. The molecule has 0 saturated carbocycles. The van der Waals surface area contributed by atoms with Crippen LogP contribution >= 0.6 is 0 Å². The molecule has 0 saturated heterocycles. The molecule has 0 amide bonds. The van der Waals surface area contributed by atoms with Crippen molar-refractivity contribution in [1.82, 2.24) is 5.32 Å². The van der Waals surface area contributed by atoms with Crippen molar-refractivity contribution < 1.29 is 0 Å². The molecule has 1 aliphatic rings. The fourth-order valence-corrected chi connectivity index (χ4v) is 2.56. The number of hydrogen-bond donors (Lipinski definition) is 1. The van der Waals surface area contributed by atoms with Crippen molar-refractivity contribution in [2.24, 2.45) is 10.4 Å². The summed E-state index contributed by atoms with van der Waals surface area (Å²) in [5.74, 6) is 1.22. The van der Waals surface area contributed by atoms with Crippen LogP contribution in [0.3, 0.4) is 0 Å². The van der Waals surface area contributed by atoms with E-state index in [0.29, 0.717) is 5.41 Å². The Bertz CT molecular complexity index is 233. The van der Waals surface area contributed by atoms with E-state index in [4.69, 9.17) is 0 Å². The van der Waals surface area contributed by atoms with Gasteiger partial charge in [0, 0.05) is 18.5 Å². The zero-order valence-electron chi connectivity index (χ0n) is 11.0. The molecule has 0 aliphatic carbocycles. The van der Waals surface area contributed by atoms with E-state index in [1.165, 1.54) is 25.1 Å². The number of hydrogen-bond acceptors (Lipinski definition) is 2. The minimum absolute atomic E-state index is 0.161. The Balaban J connectivity index is 2.51. The first-order valence-electron chi connectivity index (χ1n) is 6.10. The first kappa shape index (κ1) is 12.5. The van der Waals surface area contributed by atoms with Crippen LogP contribution in [0.4, 0.5) is 0 Å². The normalized spacial score (nSPS) is 18.6. The maximum absolute atomic E-state index is 4.55. The molecule has 1 aliphatic heterocycles. The Hall–Kier alpha value is -0.530. The van der Waals surface area contributed by atoms with Crippen LogP contribution in [0.2, 0.25) is 0 Å². The van der Waals surface area contributed by atoms with Crippen molar-refractivity contribution in [2.75, 3.05) is 6.54 Å². The molecule has 0 bridgehead atoms. The van der Waals surface area contributed by atoms with Gasteiger partial charge in [-0.1, -0.05) is 20.8 Å². The van der Waals surface area contributed by atoms with Gasteiger partial charge in [-0.25, -0.2) is 0 Å². The maximum Gasteiger partial charge on any atom is 0.0967 e. The summed E-state index contributed by atoms with van der Waals surface area (Å²) in [5.41, 5.74) is 0.528. The van der Waals surface area contributed by atoms with Crippen LogP contribution in [-0.2, 0) is 0 Å². The average Bonchev–Trinajstić information content (AvgIpc) is 1.99. The van der Waals surface area contributed by atoms with Crippen molar-refractivity contribution in [3.63, 3.8) is 0 Å². The van der Waals surface area contributed by atoms with Gasteiger partial charge in [0.1, 0.15) is 0 Å². The Kier molecular flexibility index (Phi) is 3.80. The highest BCUT2D eigenvalue weighted by Crippen LogP contribution is 2.27. The fraction of sp³-hybridized carbons (Fsp3) is 0.923. The molecule has 88 valence electrons. The first-order valence-corrected chi connectivity index (χ1v) is 6.10. The van der Waals surface area contributed by atoms with Gasteiger partial charge in [0.05, 0.1) is 5.84 Å². The van der Waals surface area contributed by atoms with E-state index in [2.05, 4.69) is 44.9 Å². The van der Waals surface area contributed by atoms with Gasteiger partial charge in [0.25, 0.3) is 0 Å². The van der Waals surface area contributed by atoms with Crippen LogP contribution in [0.5, 0.6) is 0 Å². The van der Waals surface area contributed by atoms with E-state index in [1.807, 2.05) is 0 Å². The quantitative estimate of drug-likeness (QED) is 0.742. The van der Waals surface area contributed by atoms with E-state index in [-0.39, 0.29) is 5.54 Å². The molecular weight excluding hydrogens is 184 g/mol. The molecule has 0 unspecified atom stereocenters. The SMILES string of the molecule is CC(C)(C)CC(C)(C)NC1=NCCCC1. The Morgan fingerprint density at radius 2 is 1.80 bits per heavy atom. The number of amidine groups is 1. The summed E-state index contributed by atoms with van der Waals surface area (Å²) in [5, 5.41) is 3.60. The van der Waals surface area contributed by atoms with E-state index in [0.717, 1.165) is 13.0 Å². The lowest BCUT2D eigenvalue weighted by Crippen LogP contribution is -2.46. The summed E-state index contributed by atoms with van der Waals surface area (Å²) in [4.78, 5) is 4.55. The Morgan fingerprint density at radius 3 is 2.27 bits per heavy atom. The molecule has 1 N–H and O–H groups in total. The van der Waals surface area contributed by atoms with Crippen LogP contribution in [0, 0.1) is 5.41 Å². The van der Waals surface area contributed by atoms with Crippen LogP contribution < -0.4 is 5.32 Å². The Morgan fingerprint density at radius 1 is 1.13 bits per heavy atom. The highest BCUT2D eigenvalue weighted by Gasteiger charge is 2.26. The molecule has 0 fully saturated rings. The third-order valence-electron chi connectivity index (χ3n) is 2.58. The monoisotopic (exact) mass is 210 g/mol. The fourth-order valence-electron chi connectivity index (χ4n) is 2.56. The number of nitrogens with zero attached hydrogens (tertiary/aromatic N) is 1. The van der Waals surface area contributed by atoms with Crippen LogP contribution in [0.15, 0.2) is 4.99 Å². The van der Waals surface area contributed by atoms with Gasteiger partial charge in [-0.2, -0.15) is 0 Å². The standard InChI is InChI=1S/C13H26N2/c1-12(2,3)10-13(4,5)15-11-8-6-7-9-14-11/h6-10H2,1-5H3,(H,14,15). The lowest BCUT2D eigenvalue weighted by molar-refractivity contribution is 0.265. The van der Waals surface area contributed by atoms with Gasteiger partial charge in [0.15, 0.2) is 0 Å². The summed E-state index contributed by atoms with van der Waals surface area (Å²) < 4.78 is 0. The second-order valence-electron chi connectivity index (χ2n) is 6.53. The molecule has 1 rings (SSSR count). The second kappa shape index (κ2) is 4.54. The minimum atomic E-state index is 0.161. The van der Waals surface area contributed by atoms with Crippen LogP contribution in [0.1, 0.15) is 60.3 Å². The molecule has 0 aromatic rings. The number of aliphatic imine (C=N–C) groups is 1. The van der Waals surface area contributed by atoms with Gasteiger partial charge in [-0.15, -0.1) is 0 Å². The lowest BCUT2D eigenvalue weighted by Gasteiger charge is -2.35. The van der Waals surface area contributed by atoms with Gasteiger partial charge in [-0.05, 0) is 38.5 Å². The lowest BCUT2D eigenvalue weighted by atomic mass is 9.81. The van der Waals surface area contributed by atoms with E-state index >= 15 is 0 Å². The van der Waals surface area contributed by atoms with Gasteiger partial charge >= 0.3 is 0 Å². The molecule has 0 atom stereocenters. The molecular formula is C13H26N2. The molecule has 0 spiro atoms. The number of rotatable bonds is 2. The third-order valence-corrected chi connectivity index (χ3v) is 2.58. The maximum atomic E-state index is 4.55. The van der Waals surface area contributed by atoms with Gasteiger partial charge in [-0.3, -0.25) is 4.99 Å². The predicted molar refractivity (Wildman–Crippen MR) is 67.4 cm³/mol. The van der Waals surface area contributed by atoms with E-state index in [9.17, 15) is 0 Å². The molecule has 0 aromatic carbocycles. The van der Waals surface area contributed by atoms with Crippen molar-refractivity contribution in [1.29, 1.82) is 0 Å². The largest absolute Gasteiger partial charge is 0.369 e. The summed E-state index contributed by atoms with van der Waals surface area (Å²) in [6.07, 6.45) is 4.84. The zero-order chi connectivity index (χ0) is 11.5. The summed E-state index contributed by atoms with van der Waals surface area (Å²) in [6.45, 7) is 12.4.